The number of nitrogens with zero attached hydrogens (tertiary/aromatic N) is 1. The highest BCUT2D eigenvalue weighted by atomic mass is 35.5. The molecule has 1 heterocycles. The maximum atomic E-state index is 12.4. The SMILES string of the molecule is CC(C)OCCCNC(=O)C1CCN(C(=O)Cc2ccc(N)cc2)CC1.Cl. The monoisotopic (exact) mass is 397 g/mol. The fourth-order valence-corrected chi connectivity index (χ4v) is 3.06. The zero-order valence-electron chi connectivity index (χ0n) is 16.3. The van der Waals surface area contributed by atoms with E-state index in [0.717, 1.165) is 24.8 Å². The van der Waals surface area contributed by atoms with Crippen molar-refractivity contribution in [3.8, 4) is 0 Å². The number of hydrogen-bond acceptors (Lipinski definition) is 4. The number of nitrogen functional groups attached to an aromatic ring is 1. The molecule has 2 amide bonds. The van der Waals surface area contributed by atoms with Gasteiger partial charge in [0.15, 0.2) is 0 Å². The Kier molecular flexibility index (Phi) is 10.2. The standard InChI is InChI=1S/C20H31N3O3.ClH/c1-15(2)26-13-3-10-22-20(25)17-8-11-23(12-9-17)19(24)14-16-4-6-18(21)7-5-16;/h4-7,15,17H,3,8-14,21H2,1-2H3,(H,22,25);1H. The second kappa shape index (κ2) is 11.8. The van der Waals surface area contributed by atoms with Gasteiger partial charge in [-0.15, -0.1) is 12.4 Å². The Morgan fingerprint density at radius 3 is 2.44 bits per heavy atom. The summed E-state index contributed by atoms with van der Waals surface area (Å²) in [5.74, 6) is 0.209. The van der Waals surface area contributed by atoms with Crippen molar-refractivity contribution in [1.82, 2.24) is 10.2 Å². The van der Waals surface area contributed by atoms with Crippen LogP contribution >= 0.6 is 12.4 Å². The molecule has 0 spiro atoms. The highest BCUT2D eigenvalue weighted by Gasteiger charge is 2.27. The molecule has 2 rings (SSSR count). The molecular formula is C20H32ClN3O3. The first-order chi connectivity index (χ1) is 12.5. The molecule has 0 aliphatic carbocycles. The van der Waals surface area contributed by atoms with Gasteiger partial charge in [-0.25, -0.2) is 0 Å². The third-order valence-corrected chi connectivity index (χ3v) is 4.63. The Balaban J connectivity index is 0.00000364. The number of rotatable bonds is 8. The molecule has 6 nitrogen and oxygen atoms in total. The third-order valence-electron chi connectivity index (χ3n) is 4.63. The number of carbonyl (C=O) groups excluding carboxylic acids is 2. The van der Waals surface area contributed by atoms with Crippen LogP contribution in [0.3, 0.4) is 0 Å². The molecule has 3 N–H and O–H groups in total. The number of piperidine rings is 1. The fraction of sp³-hybridized carbons (Fsp3) is 0.600. The third kappa shape index (κ3) is 8.18. The molecule has 1 fully saturated rings. The summed E-state index contributed by atoms with van der Waals surface area (Å²) in [6.07, 6.45) is 2.88. The van der Waals surface area contributed by atoms with Gasteiger partial charge in [-0.05, 0) is 50.8 Å². The van der Waals surface area contributed by atoms with E-state index in [2.05, 4.69) is 5.32 Å². The highest BCUT2D eigenvalue weighted by Crippen LogP contribution is 2.18. The molecule has 0 bridgehead atoms. The van der Waals surface area contributed by atoms with Gasteiger partial charge >= 0.3 is 0 Å². The van der Waals surface area contributed by atoms with Crippen molar-refractivity contribution in [2.45, 2.75) is 45.6 Å². The zero-order valence-corrected chi connectivity index (χ0v) is 17.1. The summed E-state index contributed by atoms with van der Waals surface area (Å²) >= 11 is 0. The number of ether oxygens (including phenoxy) is 1. The Bertz CT molecular complexity index is 585. The van der Waals surface area contributed by atoms with Crippen molar-refractivity contribution >= 4 is 29.9 Å². The van der Waals surface area contributed by atoms with E-state index in [0.29, 0.717) is 38.3 Å². The van der Waals surface area contributed by atoms with Crippen molar-refractivity contribution in [3.05, 3.63) is 29.8 Å². The molecule has 152 valence electrons. The van der Waals surface area contributed by atoms with Crippen LogP contribution in [0.1, 0.15) is 38.7 Å². The van der Waals surface area contributed by atoms with E-state index in [1.165, 1.54) is 0 Å². The normalized spacial score (nSPS) is 14.7. The second-order valence-corrected chi connectivity index (χ2v) is 7.14. The molecule has 1 saturated heterocycles. The molecule has 0 saturated carbocycles. The van der Waals surface area contributed by atoms with Gasteiger partial charge in [0.25, 0.3) is 0 Å². The molecule has 0 atom stereocenters. The van der Waals surface area contributed by atoms with Gasteiger partial charge < -0.3 is 20.7 Å². The van der Waals surface area contributed by atoms with E-state index in [1.54, 1.807) is 0 Å². The molecule has 1 aliphatic heterocycles. The van der Waals surface area contributed by atoms with Crippen molar-refractivity contribution in [3.63, 3.8) is 0 Å². The maximum absolute atomic E-state index is 12.4. The van der Waals surface area contributed by atoms with Crippen LogP contribution in [-0.4, -0.2) is 49.1 Å². The number of carbonyl (C=O) groups is 2. The van der Waals surface area contributed by atoms with Crippen molar-refractivity contribution in [2.24, 2.45) is 5.92 Å². The quantitative estimate of drug-likeness (QED) is 0.521. The number of halogens is 1. The summed E-state index contributed by atoms with van der Waals surface area (Å²) in [5, 5.41) is 2.98. The first-order valence-electron chi connectivity index (χ1n) is 9.47. The molecular weight excluding hydrogens is 366 g/mol. The summed E-state index contributed by atoms with van der Waals surface area (Å²) < 4.78 is 5.46. The number of anilines is 1. The van der Waals surface area contributed by atoms with Gasteiger partial charge in [0.2, 0.25) is 11.8 Å². The van der Waals surface area contributed by atoms with Crippen LogP contribution < -0.4 is 11.1 Å². The Morgan fingerprint density at radius 2 is 1.85 bits per heavy atom. The topological polar surface area (TPSA) is 84.7 Å². The lowest BCUT2D eigenvalue weighted by Gasteiger charge is -2.31. The minimum absolute atomic E-state index is 0. The molecule has 1 aromatic rings. The molecule has 0 aromatic heterocycles. The number of likely N-dealkylation sites (tertiary alicyclic amines) is 1. The van der Waals surface area contributed by atoms with Crippen molar-refractivity contribution in [1.29, 1.82) is 0 Å². The summed E-state index contributed by atoms with van der Waals surface area (Å²) in [7, 11) is 0. The Labute approximate surface area is 168 Å². The Hall–Kier alpha value is -1.79. The first-order valence-corrected chi connectivity index (χ1v) is 9.47. The van der Waals surface area contributed by atoms with E-state index >= 15 is 0 Å². The first kappa shape index (κ1) is 23.2. The van der Waals surface area contributed by atoms with E-state index in [1.807, 2.05) is 43.0 Å². The predicted molar refractivity (Wildman–Crippen MR) is 110 cm³/mol. The summed E-state index contributed by atoms with van der Waals surface area (Å²) in [6, 6.07) is 7.39. The molecule has 1 aliphatic rings. The lowest BCUT2D eigenvalue weighted by molar-refractivity contribution is -0.135. The number of nitrogens with two attached hydrogens (primary N) is 1. The second-order valence-electron chi connectivity index (χ2n) is 7.14. The highest BCUT2D eigenvalue weighted by molar-refractivity contribution is 5.85. The van der Waals surface area contributed by atoms with Crippen LogP contribution in [0.25, 0.3) is 0 Å². The zero-order chi connectivity index (χ0) is 18.9. The predicted octanol–water partition coefficient (Wildman–Crippen LogP) is 2.40. The summed E-state index contributed by atoms with van der Waals surface area (Å²) in [5.41, 5.74) is 7.33. The molecule has 0 radical (unpaired) electrons. The summed E-state index contributed by atoms with van der Waals surface area (Å²) in [4.78, 5) is 26.5. The maximum Gasteiger partial charge on any atom is 0.226 e. The van der Waals surface area contributed by atoms with E-state index in [4.69, 9.17) is 10.5 Å². The van der Waals surface area contributed by atoms with Crippen LogP contribution in [0.4, 0.5) is 5.69 Å². The average molecular weight is 398 g/mol. The minimum atomic E-state index is 0. The van der Waals surface area contributed by atoms with Gasteiger partial charge in [0.05, 0.1) is 12.5 Å². The van der Waals surface area contributed by atoms with E-state index in [9.17, 15) is 9.59 Å². The van der Waals surface area contributed by atoms with E-state index < -0.39 is 0 Å². The smallest absolute Gasteiger partial charge is 0.226 e. The molecule has 27 heavy (non-hydrogen) atoms. The lowest BCUT2D eigenvalue weighted by atomic mass is 9.95. The fourth-order valence-electron chi connectivity index (χ4n) is 3.06. The van der Waals surface area contributed by atoms with Gasteiger partial charge in [-0.2, -0.15) is 0 Å². The van der Waals surface area contributed by atoms with Gasteiger partial charge in [-0.3, -0.25) is 9.59 Å². The summed E-state index contributed by atoms with van der Waals surface area (Å²) in [6.45, 7) is 6.59. The lowest BCUT2D eigenvalue weighted by Crippen LogP contribution is -2.43. The van der Waals surface area contributed by atoms with Crippen LogP contribution in [0.2, 0.25) is 0 Å². The van der Waals surface area contributed by atoms with Gasteiger partial charge in [0, 0.05) is 37.8 Å². The number of nitrogens with one attached hydrogen (secondary N) is 1. The van der Waals surface area contributed by atoms with Gasteiger partial charge in [0.1, 0.15) is 0 Å². The number of benzene rings is 1. The van der Waals surface area contributed by atoms with E-state index in [-0.39, 0.29) is 36.2 Å². The average Bonchev–Trinajstić information content (AvgIpc) is 2.63. The van der Waals surface area contributed by atoms with Crippen molar-refractivity contribution < 1.29 is 14.3 Å². The van der Waals surface area contributed by atoms with Crippen LogP contribution in [-0.2, 0) is 20.7 Å². The Morgan fingerprint density at radius 1 is 1.22 bits per heavy atom. The van der Waals surface area contributed by atoms with Crippen LogP contribution in [0.5, 0.6) is 0 Å². The van der Waals surface area contributed by atoms with Crippen LogP contribution in [0.15, 0.2) is 24.3 Å². The van der Waals surface area contributed by atoms with Crippen LogP contribution in [0, 0.1) is 5.92 Å². The van der Waals surface area contributed by atoms with Crippen molar-refractivity contribution in [2.75, 3.05) is 32.0 Å². The molecule has 1 aromatic carbocycles. The number of hydrogen-bond donors (Lipinski definition) is 2. The minimum Gasteiger partial charge on any atom is -0.399 e. The largest absolute Gasteiger partial charge is 0.399 e. The van der Waals surface area contributed by atoms with Gasteiger partial charge in [-0.1, -0.05) is 12.1 Å². The molecule has 0 unspecified atom stereocenters. The number of amides is 2. The molecule has 7 heteroatoms.